The van der Waals surface area contributed by atoms with Crippen molar-refractivity contribution in [3.63, 3.8) is 0 Å². The highest BCUT2D eigenvalue weighted by Gasteiger charge is 2.13. The van der Waals surface area contributed by atoms with E-state index in [0.29, 0.717) is 21.4 Å². The molecule has 0 fully saturated rings. The molecular formula is C13H8BrCl2NO2. The van der Waals surface area contributed by atoms with Gasteiger partial charge >= 0.3 is 5.97 Å². The molecule has 0 aliphatic rings. The summed E-state index contributed by atoms with van der Waals surface area (Å²) >= 11 is 15.5. The zero-order valence-corrected chi connectivity index (χ0v) is 12.6. The van der Waals surface area contributed by atoms with E-state index in [1.54, 1.807) is 30.3 Å². The van der Waals surface area contributed by atoms with Gasteiger partial charge in [0.05, 0.1) is 27.0 Å². The molecule has 0 aliphatic heterocycles. The van der Waals surface area contributed by atoms with Gasteiger partial charge in [-0.15, -0.1) is 0 Å². The molecule has 98 valence electrons. The number of aromatic carboxylic acids is 1. The summed E-state index contributed by atoms with van der Waals surface area (Å²) in [5, 5.41) is 12.9. The molecule has 2 aromatic rings. The fourth-order valence-corrected chi connectivity index (χ4v) is 2.88. The lowest BCUT2D eigenvalue weighted by Crippen LogP contribution is -2.03. The van der Waals surface area contributed by atoms with Gasteiger partial charge in [0.1, 0.15) is 0 Å². The lowest BCUT2D eigenvalue weighted by molar-refractivity contribution is 0.0698. The molecule has 0 atom stereocenters. The maximum atomic E-state index is 11.1. The lowest BCUT2D eigenvalue weighted by Gasteiger charge is -2.13. The van der Waals surface area contributed by atoms with Crippen molar-refractivity contribution >= 4 is 56.5 Å². The van der Waals surface area contributed by atoms with Gasteiger partial charge in [0, 0.05) is 4.47 Å². The summed E-state index contributed by atoms with van der Waals surface area (Å²) in [5.41, 5.74) is 1.05. The van der Waals surface area contributed by atoms with Crippen LogP contribution in [0.4, 0.5) is 11.4 Å². The maximum absolute atomic E-state index is 11.1. The number of hydrogen-bond acceptors (Lipinski definition) is 2. The van der Waals surface area contributed by atoms with Gasteiger partial charge in [-0.25, -0.2) is 4.79 Å². The minimum Gasteiger partial charge on any atom is -0.478 e. The third-order valence-electron chi connectivity index (χ3n) is 2.42. The molecule has 0 amide bonds. The first-order chi connectivity index (χ1) is 8.99. The van der Waals surface area contributed by atoms with Gasteiger partial charge in [-0.3, -0.25) is 0 Å². The normalized spacial score (nSPS) is 10.3. The Morgan fingerprint density at radius 3 is 2.32 bits per heavy atom. The van der Waals surface area contributed by atoms with Crippen LogP contribution in [0.25, 0.3) is 0 Å². The SMILES string of the molecule is O=C(O)c1ccccc1Nc1c(Cl)cc(Br)cc1Cl. The molecule has 0 bridgehead atoms. The summed E-state index contributed by atoms with van der Waals surface area (Å²) in [6.45, 7) is 0. The average Bonchev–Trinajstić information content (AvgIpc) is 2.34. The lowest BCUT2D eigenvalue weighted by atomic mass is 10.1. The third-order valence-corrected chi connectivity index (χ3v) is 3.48. The summed E-state index contributed by atoms with van der Waals surface area (Å²) in [6.07, 6.45) is 0. The molecule has 3 nitrogen and oxygen atoms in total. The maximum Gasteiger partial charge on any atom is 0.337 e. The minimum absolute atomic E-state index is 0.151. The van der Waals surface area contributed by atoms with E-state index < -0.39 is 5.97 Å². The zero-order valence-electron chi connectivity index (χ0n) is 9.45. The molecule has 0 aromatic heterocycles. The number of benzene rings is 2. The average molecular weight is 361 g/mol. The Morgan fingerprint density at radius 1 is 1.16 bits per heavy atom. The highest BCUT2D eigenvalue weighted by molar-refractivity contribution is 9.10. The predicted octanol–water partition coefficient (Wildman–Crippen LogP) is 5.20. The molecule has 2 aromatic carbocycles. The number of carboxylic acid groups (broad SMARTS) is 1. The Kier molecular flexibility index (Phi) is 4.34. The summed E-state index contributed by atoms with van der Waals surface area (Å²) < 4.78 is 0.750. The fourth-order valence-electron chi connectivity index (χ4n) is 1.57. The van der Waals surface area contributed by atoms with Crippen molar-refractivity contribution in [2.45, 2.75) is 0 Å². The topological polar surface area (TPSA) is 49.3 Å². The van der Waals surface area contributed by atoms with Gasteiger partial charge in [0.2, 0.25) is 0 Å². The van der Waals surface area contributed by atoms with Gasteiger partial charge in [-0.2, -0.15) is 0 Å². The van der Waals surface area contributed by atoms with Gasteiger partial charge < -0.3 is 10.4 Å². The van der Waals surface area contributed by atoms with Crippen molar-refractivity contribution in [3.8, 4) is 0 Å². The van der Waals surface area contributed by atoms with Crippen molar-refractivity contribution in [1.82, 2.24) is 0 Å². The highest BCUT2D eigenvalue weighted by atomic mass is 79.9. The van der Waals surface area contributed by atoms with E-state index in [9.17, 15) is 4.79 Å². The number of carboxylic acids is 1. The van der Waals surface area contributed by atoms with E-state index in [-0.39, 0.29) is 5.56 Å². The van der Waals surface area contributed by atoms with Crippen LogP contribution in [0.3, 0.4) is 0 Å². The van der Waals surface area contributed by atoms with E-state index in [1.807, 2.05) is 0 Å². The molecule has 0 heterocycles. The Morgan fingerprint density at radius 2 is 1.74 bits per heavy atom. The Balaban J connectivity index is 2.45. The Bertz CT molecular complexity index is 623. The second-order valence-corrected chi connectivity index (χ2v) is 5.45. The summed E-state index contributed by atoms with van der Waals surface area (Å²) in [4.78, 5) is 11.1. The molecule has 2 rings (SSSR count). The fraction of sp³-hybridized carbons (Fsp3) is 0. The predicted molar refractivity (Wildman–Crippen MR) is 80.8 cm³/mol. The molecule has 0 aliphatic carbocycles. The quantitative estimate of drug-likeness (QED) is 0.791. The van der Waals surface area contributed by atoms with Crippen LogP contribution >= 0.6 is 39.1 Å². The summed E-state index contributed by atoms with van der Waals surface area (Å²) in [6, 6.07) is 9.90. The molecule has 0 saturated carbocycles. The van der Waals surface area contributed by atoms with Crippen LogP contribution in [0.5, 0.6) is 0 Å². The van der Waals surface area contributed by atoms with Gasteiger partial charge in [-0.1, -0.05) is 51.3 Å². The van der Waals surface area contributed by atoms with Crippen LogP contribution in [-0.4, -0.2) is 11.1 Å². The van der Waals surface area contributed by atoms with Crippen LogP contribution in [0.1, 0.15) is 10.4 Å². The third kappa shape index (κ3) is 3.21. The second kappa shape index (κ2) is 5.82. The highest BCUT2D eigenvalue weighted by Crippen LogP contribution is 2.36. The van der Waals surface area contributed by atoms with Gasteiger partial charge in [0.15, 0.2) is 0 Å². The standard InChI is InChI=1S/C13H8BrCl2NO2/c14-7-5-9(15)12(10(16)6-7)17-11-4-2-1-3-8(11)13(18)19/h1-6,17H,(H,18,19). The number of carbonyl (C=O) groups is 1. The number of rotatable bonds is 3. The number of para-hydroxylation sites is 1. The Labute approximate surface area is 128 Å². The molecule has 2 N–H and O–H groups in total. The van der Waals surface area contributed by atoms with Crippen molar-refractivity contribution in [2.75, 3.05) is 5.32 Å². The van der Waals surface area contributed by atoms with Crippen molar-refractivity contribution in [1.29, 1.82) is 0 Å². The Hall–Kier alpha value is -1.23. The second-order valence-electron chi connectivity index (χ2n) is 3.72. The number of hydrogen-bond donors (Lipinski definition) is 2. The summed E-state index contributed by atoms with van der Waals surface area (Å²) in [5.74, 6) is -1.02. The van der Waals surface area contributed by atoms with Gasteiger partial charge in [0.25, 0.3) is 0 Å². The van der Waals surface area contributed by atoms with Crippen LogP contribution in [-0.2, 0) is 0 Å². The first-order valence-electron chi connectivity index (χ1n) is 5.23. The number of nitrogens with one attached hydrogen (secondary N) is 1. The molecule has 6 heteroatoms. The van der Waals surface area contributed by atoms with Crippen LogP contribution < -0.4 is 5.32 Å². The van der Waals surface area contributed by atoms with E-state index in [0.717, 1.165) is 4.47 Å². The minimum atomic E-state index is -1.02. The zero-order chi connectivity index (χ0) is 14.0. The molecule has 0 spiro atoms. The van der Waals surface area contributed by atoms with Crippen LogP contribution in [0, 0.1) is 0 Å². The molecule has 19 heavy (non-hydrogen) atoms. The van der Waals surface area contributed by atoms with Crippen molar-refractivity contribution in [2.24, 2.45) is 0 Å². The molecule has 0 saturated heterocycles. The number of halogens is 3. The van der Waals surface area contributed by atoms with Crippen LogP contribution in [0.15, 0.2) is 40.9 Å². The smallest absolute Gasteiger partial charge is 0.337 e. The van der Waals surface area contributed by atoms with Crippen molar-refractivity contribution < 1.29 is 9.90 Å². The van der Waals surface area contributed by atoms with Gasteiger partial charge in [-0.05, 0) is 24.3 Å². The van der Waals surface area contributed by atoms with Crippen LogP contribution in [0.2, 0.25) is 10.0 Å². The van der Waals surface area contributed by atoms with E-state index in [1.165, 1.54) is 6.07 Å². The van der Waals surface area contributed by atoms with E-state index in [4.69, 9.17) is 28.3 Å². The molecule has 0 radical (unpaired) electrons. The first kappa shape index (κ1) is 14.2. The number of anilines is 2. The first-order valence-corrected chi connectivity index (χ1v) is 6.78. The van der Waals surface area contributed by atoms with Crippen molar-refractivity contribution in [3.05, 3.63) is 56.5 Å². The van der Waals surface area contributed by atoms with E-state index >= 15 is 0 Å². The monoisotopic (exact) mass is 359 g/mol. The molecular weight excluding hydrogens is 353 g/mol. The largest absolute Gasteiger partial charge is 0.478 e. The molecule has 0 unspecified atom stereocenters. The van der Waals surface area contributed by atoms with E-state index in [2.05, 4.69) is 21.2 Å². The summed E-state index contributed by atoms with van der Waals surface area (Å²) in [7, 11) is 0.